The largest absolute Gasteiger partial charge is 0.359 e. The Morgan fingerprint density at radius 1 is 1.24 bits per heavy atom. The lowest BCUT2D eigenvalue weighted by Gasteiger charge is -2.45. The minimum absolute atomic E-state index is 0.220. The first-order valence-corrected chi connectivity index (χ1v) is 8.85. The fourth-order valence-electron chi connectivity index (χ4n) is 4.38. The first-order chi connectivity index (χ1) is 10.2. The first-order valence-electron chi connectivity index (χ1n) is 8.85. The maximum atomic E-state index is 11.8. The minimum Gasteiger partial charge on any atom is -0.359 e. The molecule has 1 amide bonds. The third-order valence-corrected chi connectivity index (χ3v) is 5.68. The van der Waals surface area contributed by atoms with E-state index < -0.39 is 0 Å². The van der Waals surface area contributed by atoms with Gasteiger partial charge in [-0.3, -0.25) is 4.79 Å². The Labute approximate surface area is 129 Å². The SMILES string of the molecule is CCCC1CCC(CN)C(N2CCC(C(=O)NC)CC2)C1. The molecule has 4 heteroatoms. The molecule has 0 spiro atoms. The van der Waals surface area contributed by atoms with Gasteiger partial charge in [-0.25, -0.2) is 0 Å². The average molecular weight is 295 g/mol. The van der Waals surface area contributed by atoms with Crippen LogP contribution < -0.4 is 11.1 Å². The number of piperidine rings is 1. The number of hydrogen-bond acceptors (Lipinski definition) is 3. The third kappa shape index (κ3) is 4.19. The van der Waals surface area contributed by atoms with Gasteiger partial charge in [0.2, 0.25) is 5.91 Å². The van der Waals surface area contributed by atoms with E-state index in [2.05, 4.69) is 17.1 Å². The van der Waals surface area contributed by atoms with E-state index in [-0.39, 0.29) is 11.8 Å². The van der Waals surface area contributed by atoms with Crippen molar-refractivity contribution in [2.24, 2.45) is 23.5 Å². The summed E-state index contributed by atoms with van der Waals surface area (Å²) in [7, 11) is 1.75. The third-order valence-electron chi connectivity index (χ3n) is 5.68. The minimum atomic E-state index is 0.220. The Morgan fingerprint density at radius 2 is 1.95 bits per heavy atom. The fraction of sp³-hybridized carbons (Fsp3) is 0.941. The average Bonchev–Trinajstić information content (AvgIpc) is 2.54. The van der Waals surface area contributed by atoms with Gasteiger partial charge in [0.25, 0.3) is 0 Å². The summed E-state index contributed by atoms with van der Waals surface area (Å²) in [5, 5.41) is 2.80. The second kappa shape index (κ2) is 8.14. The molecule has 0 bridgehead atoms. The highest BCUT2D eigenvalue weighted by Gasteiger charge is 2.35. The maximum absolute atomic E-state index is 11.8. The van der Waals surface area contributed by atoms with Crippen molar-refractivity contribution in [3.63, 3.8) is 0 Å². The Kier molecular flexibility index (Phi) is 6.49. The first kappa shape index (κ1) is 16.8. The Morgan fingerprint density at radius 3 is 2.52 bits per heavy atom. The van der Waals surface area contributed by atoms with Crippen molar-refractivity contribution in [3.8, 4) is 0 Å². The molecule has 3 unspecified atom stereocenters. The molecule has 3 atom stereocenters. The van der Waals surface area contributed by atoms with Crippen LogP contribution in [0.4, 0.5) is 0 Å². The van der Waals surface area contributed by atoms with Gasteiger partial charge >= 0.3 is 0 Å². The van der Waals surface area contributed by atoms with Crippen molar-refractivity contribution in [2.45, 2.75) is 57.9 Å². The van der Waals surface area contributed by atoms with Crippen LogP contribution in [0.1, 0.15) is 51.9 Å². The van der Waals surface area contributed by atoms with Crippen LogP contribution in [-0.2, 0) is 4.79 Å². The summed E-state index contributed by atoms with van der Waals surface area (Å²) < 4.78 is 0. The van der Waals surface area contributed by atoms with Crippen LogP contribution in [0, 0.1) is 17.8 Å². The van der Waals surface area contributed by atoms with Gasteiger partial charge in [-0.2, -0.15) is 0 Å². The normalized spacial score (nSPS) is 32.0. The van der Waals surface area contributed by atoms with Crippen LogP contribution in [0.3, 0.4) is 0 Å². The molecule has 2 aliphatic rings. The van der Waals surface area contributed by atoms with Crippen LogP contribution in [0.2, 0.25) is 0 Å². The molecule has 4 nitrogen and oxygen atoms in total. The Bertz CT molecular complexity index is 326. The van der Waals surface area contributed by atoms with Crippen molar-refractivity contribution in [3.05, 3.63) is 0 Å². The molecule has 1 saturated carbocycles. The maximum Gasteiger partial charge on any atom is 0.222 e. The highest BCUT2D eigenvalue weighted by atomic mass is 16.1. The monoisotopic (exact) mass is 295 g/mol. The van der Waals surface area contributed by atoms with Gasteiger partial charge in [-0.15, -0.1) is 0 Å². The van der Waals surface area contributed by atoms with Crippen LogP contribution in [0.5, 0.6) is 0 Å². The van der Waals surface area contributed by atoms with E-state index in [0.29, 0.717) is 12.0 Å². The lowest BCUT2D eigenvalue weighted by molar-refractivity contribution is -0.126. The number of rotatable bonds is 5. The number of nitrogens with two attached hydrogens (primary N) is 1. The van der Waals surface area contributed by atoms with Crippen molar-refractivity contribution in [2.75, 3.05) is 26.7 Å². The van der Waals surface area contributed by atoms with E-state index >= 15 is 0 Å². The lowest BCUT2D eigenvalue weighted by Crippen LogP contribution is -2.51. The van der Waals surface area contributed by atoms with E-state index in [4.69, 9.17) is 5.73 Å². The molecule has 0 radical (unpaired) electrons. The van der Waals surface area contributed by atoms with Gasteiger partial charge in [-0.05, 0) is 57.2 Å². The summed E-state index contributed by atoms with van der Waals surface area (Å²) in [5.41, 5.74) is 6.03. The summed E-state index contributed by atoms with van der Waals surface area (Å²) in [5.74, 6) is 1.99. The van der Waals surface area contributed by atoms with Crippen LogP contribution in [0.25, 0.3) is 0 Å². The molecule has 3 N–H and O–H groups in total. The molecule has 1 heterocycles. The molecule has 0 aromatic rings. The summed E-state index contributed by atoms with van der Waals surface area (Å²) in [6.45, 7) is 5.24. The molecule has 1 saturated heterocycles. The molecule has 0 aromatic heterocycles. The molecule has 122 valence electrons. The topological polar surface area (TPSA) is 58.4 Å². The summed E-state index contributed by atoms with van der Waals surface area (Å²) in [4.78, 5) is 14.4. The van der Waals surface area contributed by atoms with Crippen molar-refractivity contribution >= 4 is 5.91 Å². The van der Waals surface area contributed by atoms with E-state index in [1.54, 1.807) is 7.05 Å². The van der Waals surface area contributed by atoms with Crippen molar-refractivity contribution in [1.82, 2.24) is 10.2 Å². The fourth-order valence-corrected chi connectivity index (χ4v) is 4.38. The van der Waals surface area contributed by atoms with Gasteiger partial charge in [0.15, 0.2) is 0 Å². The molecule has 1 aliphatic heterocycles. The predicted molar refractivity (Wildman–Crippen MR) is 86.9 cm³/mol. The number of carbonyl (C=O) groups excluding carboxylic acids is 1. The Hall–Kier alpha value is -0.610. The zero-order chi connectivity index (χ0) is 15.2. The standard InChI is InChI=1S/C17H33N3O/c1-3-4-13-5-6-15(12-18)16(11-13)20-9-7-14(8-10-20)17(21)19-2/h13-16H,3-12,18H2,1-2H3,(H,19,21). The molecule has 2 rings (SSSR count). The molecular weight excluding hydrogens is 262 g/mol. The van der Waals surface area contributed by atoms with Crippen molar-refractivity contribution in [1.29, 1.82) is 0 Å². The van der Waals surface area contributed by atoms with E-state index in [9.17, 15) is 4.79 Å². The van der Waals surface area contributed by atoms with Gasteiger partial charge in [0.1, 0.15) is 0 Å². The van der Waals surface area contributed by atoms with Gasteiger partial charge in [0.05, 0.1) is 0 Å². The lowest BCUT2D eigenvalue weighted by atomic mass is 9.75. The molecule has 0 aromatic carbocycles. The van der Waals surface area contributed by atoms with Crippen molar-refractivity contribution < 1.29 is 4.79 Å². The summed E-state index contributed by atoms with van der Waals surface area (Å²) in [6.07, 6.45) is 8.65. The number of hydrogen-bond donors (Lipinski definition) is 2. The molecule has 2 fully saturated rings. The number of carbonyl (C=O) groups is 1. The number of nitrogens with one attached hydrogen (secondary N) is 1. The van der Waals surface area contributed by atoms with Gasteiger partial charge < -0.3 is 16.0 Å². The van der Waals surface area contributed by atoms with E-state index in [1.807, 2.05) is 0 Å². The smallest absolute Gasteiger partial charge is 0.222 e. The second-order valence-electron chi connectivity index (χ2n) is 6.96. The second-order valence-corrected chi connectivity index (χ2v) is 6.96. The summed E-state index contributed by atoms with van der Waals surface area (Å²) in [6, 6.07) is 0.658. The van der Waals surface area contributed by atoms with Crippen LogP contribution >= 0.6 is 0 Å². The highest BCUT2D eigenvalue weighted by Crippen LogP contribution is 2.36. The molecular formula is C17H33N3O. The zero-order valence-electron chi connectivity index (χ0n) is 13.8. The number of nitrogens with zero attached hydrogens (tertiary/aromatic N) is 1. The quantitative estimate of drug-likeness (QED) is 0.815. The predicted octanol–water partition coefficient (Wildman–Crippen LogP) is 1.99. The number of likely N-dealkylation sites (tertiary alicyclic amines) is 1. The van der Waals surface area contributed by atoms with E-state index in [0.717, 1.165) is 38.4 Å². The van der Waals surface area contributed by atoms with Gasteiger partial charge in [-0.1, -0.05) is 26.2 Å². The van der Waals surface area contributed by atoms with Crippen LogP contribution in [0.15, 0.2) is 0 Å². The van der Waals surface area contributed by atoms with Crippen LogP contribution in [-0.4, -0.2) is 43.5 Å². The molecule has 21 heavy (non-hydrogen) atoms. The van der Waals surface area contributed by atoms with E-state index in [1.165, 1.54) is 32.1 Å². The highest BCUT2D eigenvalue weighted by molar-refractivity contribution is 5.78. The molecule has 1 aliphatic carbocycles. The summed E-state index contributed by atoms with van der Waals surface area (Å²) >= 11 is 0. The Balaban J connectivity index is 1.91. The number of amides is 1. The van der Waals surface area contributed by atoms with Gasteiger partial charge in [0, 0.05) is 19.0 Å². The zero-order valence-corrected chi connectivity index (χ0v) is 13.8.